The van der Waals surface area contributed by atoms with Crippen LogP contribution >= 0.6 is 0 Å². The molecule has 0 aromatic heterocycles. The molecular formula is C21H23NO3. The van der Waals surface area contributed by atoms with Crippen LogP contribution < -0.4 is 4.90 Å². The number of carbonyl (C=O) groups is 2. The zero-order valence-corrected chi connectivity index (χ0v) is 14.2. The number of carbonyl (C=O) groups excluding carboxylic acids is 1. The zero-order valence-electron chi connectivity index (χ0n) is 14.2. The van der Waals surface area contributed by atoms with Gasteiger partial charge in [-0.1, -0.05) is 48.5 Å². The van der Waals surface area contributed by atoms with Crippen LogP contribution in [0.2, 0.25) is 0 Å². The van der Waals surface area contributed by atoms with Crippen LogP contribution in [-0.4, -0.2) is 17.0 Å². The Kier molecular flexibility index (Phi) is 5.49. The van der Waals surface area contributed by atoms with Crippen molar-refractivity contribution in [2.75, 3.05) is 4.90 Å². The normalized spacial score (nSPS) is 20.0. The maximum atomic E-state index is 13.2. The minimum absolute atomic E-state index is 0.0962. The van der Waals surface area contributed by atoms with Crippen molar-refractivity contribution in [3.8, 4) is 0 Å². The van der Waals surface area contributed by atoms with Gasteiger partial charge in [0.25, 0.3) is 0 Å². The molecule has 0 spiro atoms. The molecule has 2 aromatic rings. The van der Waals surface area contributed by atoms with Gasteiger partial charge in [0.05, 0.1) is 12.5 Å². The molecular weight excluding hydrogens is 314 g/mol. The first-order chi connectivity index (χ1) is 12.1. The summed E-state index contributed by atoms with van der Waals surface area (Å²) in [7, 11) is 0. The van der Waals surface area contributed by atoms with Crippen LogP contribution in [0.4, 0.5) is 5.69 Å². The second kappa shape index (κ2) is 7.97. The topological polar surface area (TPSA) is 57.6 Å². The van der Waals surface area contributed by atoms with E-state index in [0.717, 1.165) is 11.3 Å². The van der Waals surface area contributed by atoms with Gasteiger partial charge in [-0.3, -0.25) is 9.59 Å². The molecule has 1 aliphatic rings. The van der Waals surface area contributed by atoms with Crippen LogP contribution in [0.5, 0.6) is 0 Å². The molecule has 0 aliphatic heterocycles. The standard InChI is InChI=1S/C21H23NO3/c23-20(17-11-13-18(14-12-17)21(24)25)22(19-9-5-2-6-10-19)15-16-7-3-1-4-8-16/h1-10,17-18H,11-15H2,(H,24,25). The van der Waals surface area contributed by atoms with E-state index in [1.54, 1.807) is 0 Å². The summed E-state index contributed by atoms with van der Waals surface area (Å²) in [6, 6.07) is 19.6. The highest BCUT2D eigenvalue weighted by atomic mass is 16.4. The smallest absolute Gasteiger partial charge is 0.306 e. The lowest BCUT2D eigenvalue weighted by molar-refractivity contribution is -0.144. The Morgan fingerprint density at radius 2 is 1.36 bits per heavy atom. The number of nitrogens with zero attached hydrogens (tertiary/aromatic N) is 1. The molecule has 0 heterocycles. The molecule has 0 atom stereocenters. The van der Waals surface area contributed by atoms with Crippen molar-refractivity contribution < 1.29 is 14.7 Å². The van der Waals surface area contributed by atoms with Gasteiger partial charge in [0.15, 0.2) is 0 Å². The Morgan fingerprint density at radius 3 is 1.92 bits per heavy atom. The average molecular weight is 337 g/mol. The molecule has 0 bridgehead atoms. The van der Waals surface area contributed by atoms with E-state index in [1.807, 2.05) is 65.6 Å². The Morgan fingerprint density at radius 1 is 0.840 bits per heavy atom. The van der Waals surface area contributed by atoms with E-state index in [0.29, 0.717) is 32.2 Å². The Labute approximate surface area is 148 Å². The average Bonchev–Trinajstić information content (AvgIpc) is 2.67. The number of para-hydroxylation sites is 1. The summed E-state index contributed by atoms with van der Waals surface area (Å²) in [5.41, 5.74) is 1.97. The number of aliphatic carboxylic acids is 1. The highest BCUT2D eigenvalue weighted by Gasteiger charge is 2.32. The number of carboxylic acid groups (broad SMARTS) is 1. The second-order valence-corrected chi connectivity index (χ2v) is 6.63. The second-order valence-electron chi connectivity index (χ2n) is 6.63. The molecule has 1 saturated carbocycles. The van der Waals surface area contributed by atoms with Gasteiger partial charge < -0.3 is 10.0 Å². The number of anilines is 1. The van der Waals surface area contributed by atoms with Gasteiger partial charge in [-0.05, 0) is 43.4 Å². The van der Waals surface area contributed by atoms with Crippen LogP contribution in [0.1, 0.15) is 31.2 Å². The van der Waals surface area contributed by atoms with Crippen molar-refractivity contribution in [1.82, 2.24) is 0 Å². The molecule has 0 saturated heterocycles. The number of carboxylic acids is 1. The SMILES string of the molecule is O=C(O)C1CCC(C(=O)N(Cc2ccccc2)c2ccccc2)CC1. The van der Waals surface area contributed by atoms with E-state index in [9.17, 15) is 9.59 Å². The fourth-order valence-corrected chi connectivity index (χ4v) is 3.48. The summed E-state index contributed by atoms with van der Waals surface area (Å²) in [6.45, 7) is 0.530. The first-order valence-electron chi connectivity index (χ1n) is 8.78. The van der Waals surface area contributed by atoms with Crippen LogP contribution in [0.3, 0.4) is 0 Å². The predicted octanol–water partition coefficient (Wildman–Crippen LogP) is 4.11. The molecule has 1 amide bonds. The Balaban J connectivity index is 1.77. The maximum absolute atomic E-state index is 13.2. The molecule has 25 heavy (non-hydrogen) atoms. The van der Waals surface area contributed by atoms with E-state index in [4.69, 9.17) is 5.11 Å². The largest absolute Gasteiger partial charge is 0.481 e. The summed E-state index contributed by atoms with van der Waals surface area (Å²) in [4.78, 5) is 26.1. The number of hydrogen-bond donors (Lipinski definition) is 1. The molecule has 0 radical (unpaired) electrons. The number of benzene rings is 2. The summed E-state index contributed by atoms with van der Waals surface area (Å²) in [6.07, 6.45) is 2.46. The Hall–Kier alpha value is -2.62. The molecule has 3 rings (SSSR count). The molecule has 4 heteroatoms. The quantitative estimate of drug-likeness (QED) is 0.893. The van der Waals surface area contributed by atoms with Gasteiger partial charge in [-0.2, -0.15) is 0 Å². The van der Waals surface area contributed by atoms with E-state index >= 15 is 0 Å². The highest BCUT2D eigenvalue weighted by Crippen LogP contribution is 2.32. The highest BCUT2D eigenvalue weighted by molar-refractivity contribution is 5.95. The predicted molar refractivity (Wildman–Crippen MR) is 97.2 cm³/mol. The third kappa shape index (κ3) is 4.27. The lowest BCUT2D eigenvalue weighted by Crippen LogP contribution is -2.38. The third-order valence-electron chi connectivity index (χ3n) is 4.94. The number of rotatable bonds is 5. The van der Waals surface area contributed by atoms with Crippen LogP contribution in [0.15, 0.2) is 60.7 Å². The lowest BCUT2D eigenvalue weighted by Gasteiger charge is -2.31. The van der Waals surface area contributed by atoms with Crippen molar-refractivity contribution >= 4 is 17.6 Å². The molecule has 1 fully saturated rings. The molecule has 1 N–H and O–H groups in total. The fourth-order valence-electron chi connectivity index (χ4n) is 3.48. The minimum Gasteiger partial charge on any atom is -0.481 e. The molecule has 4 nitrogen and oxygen atoms in total. The van der Waals surface area contributed by atoms with Crippen molar-refractivity contribution in [1.29, 1.82) is 0 Å². The van der Waals surface area contributed by atoms with Crippen molar-refractivity contribution in [3.05, 3.63) is 66.2 Å². The lowest BCUT2D eigenvalue weighted by atomic mass is 9.81. The first-order valence-corrected chi connectivity index (χ1v) is 8.78. The summed E-state index contributed by atoms with van der Waals surface area (Å²) >= 11 is 0. The van der Waals surface area contributed by atoms with Gasteiger partial charge in [-0.15, -0.1) is 0 Å². The van der Waals surface area contributed by atoms with Crippen LogP contribution in [0.25, 0.3) is 0 Å². The van der Waals surface area contributed by atoms with Crippen molar-refractivity contribution in [3.63, 3.8) is 0 Å². The maximum Gasteiger partial charge on any atom is 0.306 e. The van der Waals surface area contributed by atoms with Gasteiger partial charge >= 0.3 is 5.97 Å². The van der Waals surface area contributed by atoms with Crippen molar-refractivity contribution in [2.24, 2.45) is 11.8 Å². The van der Waals surface area contributed by atoms with E-state index in [-0.39, 0.29) is 17.7 Å². The summed E-state index contributed by atoms with van der Waals surface area (Å²) in [5.74, 6) is -1.04. The van der Waals surface area contributed by atoms with Gasteiger partial charge in [0, 0.05) is 11.6 Å². The molecule has 2 aromatic carbocycles. The van der Waals surface area contributed by atoms with Crippen LogP contribution in [-0.2, 0) is 16.1 Å². The molecule has 130 valence electrons. The zero-order chi connectivity index (χ0) is 17.6. The van der Waals surface area contributed by atoms with Gasteiger partial charge in [0.2, 0.25) is 5.91 Å². The molecule has 1 aliphatic carbocycles. The third-order valence-corrected chi connectivity index (χ3v) is 4.94. The first kappa shape index (κ1) is 17.2. The van der Waals surface area contributed by atoms with Gasteiger partial charge in [-0.25, -0.2) is 0 Å². The molecule has 0 unspecified atom stereocenters. The minimum atomic E-state index is -0.741. The number of hydrogen-bond acceptors (Lipinski definition) is 2. The Bertz CT molecular complexity index is 706. The fraction of sp³-hybridized carbons (Fsp3) is 0.333. The summed E-state index contributed by atoms with van der Waals surface area (Å²) in [5, 5.41) is 9.15. The van der Waals surface area contributed by atoms with E-state index in [2.05, 4.69) is 0 Å². The monoisotopic (exact) mass is 337 g/mol. The van der Waals surface area contributed by atoms with Crippen molar-refractivity contribution in [2.45, 2.75) is 32.2 Å². The van der Waals surface area contributed by atoms with E-state index in [1.165, 1.54) is 0 Å². The van der Waals surface area contributed by atoms with E-state index < -0.39 is 5.97 Å². The van der Waals surface area contributed by atoms with Gasteiger partial charge in [0.1, 0.15) is 0 Å². The van der Waals surface area contributed by atoms with Crippen LogP contribution in [0, 0.1) is 11.8 Å². The summed E-state index contributed by atoms with van der Waals surface area (Å²) < 4.78 is 0. The number of amides is 1.